The standard InChI is InChI=1S/C24H22N2O4/c1-2-18-21(8-7-19-20(27)10-12-29-23(18)19)30-22-14-16(9-11-26-22)13-15-3-5-17(6-4-15)24(25)28/h3-9,11,14H,2,10,12-13H2,1H3,(H2,25,28). The fourth-order valence-corrected chi connectivity index (χ4v) is 3.56. The molecule has 1 aliphatic heterocycles. The summed E-state index contributed by atoms with van der Waals surface area (Å²) >= 11 is 0. The zero-order valence-electron chi connectivity index (χ0n) is 16.7. The highest BCUT2D eigenvalue weighted by Gasteiger charge is 2.23. The number of rotatable bonds is 6. The lowest BCUT2D eigenvalue weighted by atomic mass is 9.99. The van der Waals surface area contributed by atoms with Gasteiger partial charge in [0, 0.05) is 29.8 Å². The van der Waals surface area contributed by atoms with E-state index in [9.17, 15) is 9.59 Å². The van der Waals surface area contributed by atoms with Gasteiger partial charge in [0.1, 0.15) is 11.5 Å². The van der Waals surface area contributed by atoms with Crippen LogP contribution in [0, 0.1) is 0 Å². The van der Waals surface area contributed by atoms with Gasteiger partial charge in [-0.15, -0.1) is 0 Å². The third-order valence-corrected chi connectivity index (χ3v) is 5.11. The summed E-state index contributed by atoms with van der Waals surface area (Å²) in [6.45, 7) is 2.40. The maximum absolute atomic E-state index is 12.1. The molecule has 1 amide bonds. The lowest BCUT2D eigenvalue weighted by molar-refractivity contribution is 0.0931. The van der Waals surface area contributed by atoms with E-state index in [4.69, 9.17) is 15.2 Å². The largest absolute Gasteiger partial charge is 0.492 e. The van der Waals surface area contributed by atoms with Crippen molar-refractivity contribution in [2.24, 2.45) is 5.73 Å². The minimum Gasteiger partial charge on any atom is -0.492 e. The van der Waals surface area contributed by atoms with Crippen LogP contribution in [0.2, 0.25) is 0 Å². The summed E-state index contributed by atoms with van der Waals surface area (Å²) in [6, 6.07) is 14.6. The number of Topliss-reactive ketones (excluding diaryl/α,β-unsaturated/α-hetero) is 1. The van der Waals surface area contributed by atoms with E-state index < -0.39 is 5.91 Å². The highest BCUT2D eigenvalue weighted by Crippen LogP contribution is 2.37. The minimum atomic E-state index is -0.441. The van der Waals surface area contributed by atoms with E-state index in [1.165, 1.54) is 0 Å². The maximum atomic E-state index is 12.1. The molecule has 2 aromatic carbocycles. The van der Waals surface area contributed by atoms with Crippen LogP contribution in [-0.4, -0.2) is 23.3 Å². The van der Waals surface area contributed by atoms with Gasteiger partial charge in [-0.1, -0.05) is 19.1 Å². The first-order chi connectivity index (χ1) is 14.5. The zero-order chi connectivity index (χ0) is 21.1. The number of hydrogen-bond acceptors (Lipinski definition) is 5. The van der Waals surface area contributed by atoms with Crippen LogP contribution >= 0.6 is 0 Å². The summed E-state index contributed by atoms with van der Waals surface area (Å²) in [4.78, 5) is 27.7. The molecule has 1 aliphatic rings. The van der Waals surface area contributed by atoms with Crippen LogP contribution in [0.3, 0.4) is 0 Å². The fraction of sp³-hybridized carbons (Fsp3) is 0.208. The zero-order valence-corrected chi connectivity index (χ0v) is 16.7. The number of carbonyl (C=O) groups excluding carboxylic acids is 2. The van der Waals surface area contributed by atoms with E-state index in [0.29, 0.717) is 54.4 Å². The summed E-state index contributed by atoms with van der Waals surface area (Å²) in [5.74, 6) is 1.39. The molecule has 2 N–H and O–H groups in total. The fourth-order valence-electron chi connectivity index (χ4n) is 3.56. The number of ether oxygens (including phenoxy) is 2. The van der Waals surface area contributed by atoms with Gasteiger partial charge >= 0.3 is 0 Å². The Morgan fingerprint density at radius 3 is 2.67 bits per heavy atom. The van der Waals surface area contributed by atoms with Crippen molar-refractivity contribution in [1.29, 1.82) is 0 Å². The van der Waals surface area contributed by atoms with E-state index in [1.807, 2.05) is 31.2 Å². The number of ketones is 1. The highest BCUT2D eigenvalue weighted by molar-refractivity contribution is 6.00. The molecule has 0 unspecified atom stereocenters. The monoisotopic (exact) mass is 402 g/mol. The summed E-state index contributed by atoms with van der Waals surface area (Å²) in [5.41, 5.74) is 9.33. The molecular formula is C24H22N2O4. The summed E-state index contributed by atoms with van der Waals surface area (Å²) in [6.07, 6.45) is 3.45. The Hall–Kier alpha value is -3.67. The van der Waals surface area contributed by atoms with Crippen LogP contribution in [0.25, 0.3) is 0 Å². The molecule has 0 saturated carbocycles. The van der Waals surface area contributed by atoms with Gasteiger partial charge in [-0.25, -0.2) is 4.98 Å². The number of amides is 1. The smallest absolute Gasteiger partial charge is 0.248 e. The number of primary amides is 1. The van der Waals surface area contributed by atoms with Crippen molar-refractivity contribution in [2.45, 2.75) is 26.2 Å². The Bertz CT molecular complexity index is 1110. The Morgan fingerprint density at radius 2 is 1.93 bits per heavy atom. The summed E-state index contributed by atoms with van der Waals surface area (Å²) < 4.78 is 11.8. The average Bonchev–Trinajstić information content (AvgIpc) is 2.74. The van der Waals surface area contributed by atoms with Crippen molar-refractivity contribution in [3.63, 3.8) is 0 Å². The third kappa shape index (κ3) is 4.03. The van der Waals surface area contributed by atoms with Crippen LogP contribution in [-0.2, 0) is 12.8 Å². The molecule has 6 heteroatoms. The van der Waals surface area contributed by atoms with Gasteiger partial charge in [-0.2, -0.15) is 0 Å². The Labute approximate surface area is 174 Å². The van der Waals surface area contributed by atoms with Crippen molar-refractivity contribution in [3.05, 3.63) is 82.5 Å². The highest BCUT2D eigenvalue weighted by atomic mass is 16.5. The Kier molecular flexibility index (Phi) is 5.48. The molecule has 2 heterocycles. The maximum Gasteiger partial charge on any atom is 0.248 e. The molecule has 0 saturated heterocycles. The van der Waals surface area contributed by atoms with Crippen LogP contribution in [0.5, 0.6) is 17.4 Å². The van der Waals surface area contributed by atoms with Gasteiger partial charge in [-0.3, -0.25) is 9.59 Å². The average molecular weight is 402 g/mol. The van der Waals surface area contributed by atoms with E-state index in [1.54, 1.807) is 30.5 Å². The molecule has 0 bridgehead atoms. The molecule has 0 aliphatic carbocycles. The van der Waals surface area contributed by atoms with Gasteiger partial charge in [0.25, 0.3) is 0 Å². The van der Waals surface area contributed by atoms with E-state index in [-0.39, 0.29) is 5.78 Å². The number of pyridine rings is 1. The number of hydrogen-bond donors (Lipinski definition) is 1. The molecular weight excluding hydrogens is 380 g/mol. The number of nitrogens with two attached hydrogens (primary N) is 1. The van der Waals surface area contributed by atoms with Crippen LogP contribution in [0.4, 0.5) is 0 Å². The molecule has 4 rings (SSSR count). The Morgan fingerprint density at radius 1 is 1.13 bits per heavy atom. The number of aromatic nitrogens is 1. The first-order valence-electron chi connectivity index (χ1n) is 9.88. The predicted octanol–water partition coefficient (Wildman–Crippen LogP) is 4.09. The lowest BCUT2D eigenvalue weighted by Gasteiger charge is -2.21. The van der Waals surface area contributed by atoms with Crippen LogP contribution in [0.15, 0.2) is 54.7 Å². The van der Waals surface area contributed by atoms with Crippen molar-refractivity contribution < 1.29 is 19.1 Å². The lowest BCUT2D eigenvalue weighted by Crippen LogP contribution is -2.17. The van der Waals surface area contributed by atoms with Gasteiger partial charge in [-0.05, 0) is 54.3 Å². The van der Waals surface area contributed by atoms with Gasteiger partial charge in [0.2, 0.25) is 11.8 Å². The second kappa shape index (κ2) is 8.37. The predicted molar refractivity (Wildman–Crippen MR) is 112 cm³/mol. The normalized spacial score (nSPS) is 12.8. The molecule has 0 radical (unpaired) electrons. The van der Waals surface area contributed by atoms with Gasteiger partial charge in [0.15, 0.2) is 5.78 Å². The minimum absolute atomic E-state index is 0.0972. The van der Waals surface area contributed by atoms with E-state index >= 15 is 0 Å². The molecule has 0 spiro atoms. The number of nitrogens with zero attached hydrogens (tertiary/aromatic N) is 1. The van der Waals surface area contributed by atoms with Gasteiger partial charge in [0.05, 0.1) is 12.2 Å². The molecule has 3 aromatic rings. The molecule has 30 heavy (non-hydrogen) atoms. The first-order valence-corrected chi connectivity index (χ1v) is 9.88. The second-order valence-electron chi connectivity index (χ2n) is 7.14. The number of benzene rings is 2. The van der Waals surface area contributed by atoms with Gasteiger partial charge < -0.3 is 15.2 Å². The van der Waals surface area contributed by atoms with E-state index in [0.717, 1.165) is 16.7 Å². The van der Waals surface area contributed by atoms with Crippen LogP contribution < -0.4 is 15.2 Å². The second-order valence-corrected chi connectivity index (χ2v) is 7.14. The molecule has 0 fully saturated rings. The van der Waals surface area contributed by atoms with Crippen molar-refractivity contribution in [2.75, 3.05) is 6.61 Å². The molecule has 1 aromatic heterocycles. The molecule has 6 nitrogen and oxygen atoms in total. The van der Waals surface area contributed by atoms with Crippen molar-refractivity contribution in [1.82, 2.24) is 4.98 Å². The number of carbonyl (C=O) groups is 2. The molecule has 0 atom stereocenters. The van der Waals surface area contributed by atoms with E-state index in [2.05, 4.69) is 4.98 Å². The summed E-state index contributed by atoms with van der Waals surface area (Å²) in [7, 11) is 0. The quantitative estimate of drug-likeness (QED) is 0.670. The summed E-state index contributed by atoms with van der Waals surface area (Å²) in [5, 5.41) is 0. The third-order valence-electron chi connectivity index (χ3n) is 5.11. The topological polar surface area (TPSA) is 91.5 Å². The molecule has 152 valence electrons. The SMILES string of the molecule is CCc1c(Oc2cc(Cc3ccc(C(N)=O)cc3)ccn2)ccc2c1OCCC2=O. The van der Waals surface area contributed by atoms with Crippen LogP contribution in [0.1, 0.15) is 50.8 Å². The van der Waals surface area contributed by atoms with Crippen molar-refractivity contribution >= 4 is 11.7 Å². The first kappa shape index (κ1) is 19.6. The Balaban J connectivity index is 1.56. The number of fused-ring (bicyclic) bond motifs is 1. The van der Waals surface area contributed by atoms with Crippen molar-refractivity contribution in [3.8, 4) is 17.4 Å².